The zero-order chi connectivity index (χ0) is 6.62. The number of aliphatic hydroxyl groups is 2. The number of rotatable bonds is 3. The van der Waals surface area contributed by atoms with Crippen molar-refractivity contribution < 1.29 is 14.9 Å². The molecule has 0 saturated carbocycles. The van der Waals surface area contributed by atoms with Crippen LogP contribution in [0.3, 0.4) is 0 Å². The standard InChI is InChI=1S/C5H12O3/c1-3-5(6,7)4-8-2/h6-7H,3-4H2,1-2H3. The Morgan fingerprint density at radius 3 is 2.12 bits per heavy atom. The van der Waals surface area contributed by atoms with Gasteiger partial charge in [-0.15, -0.1) is 0 Å². The molecule has 0 fully saturated rings. The number of ether oxygens (including phenoxy) is 1. The summed E-state index contributed by atoms with van der Waals surface area (Å²) in [7, 11) is 1.43. The van der Waals surface area contributed by atoms with Gasteiger partial charge in [-0.25, -0.2) is 0 Å². The van der Waals surface area contributed by atoms with Gasteiger partial charge in [-0.05, 0) is 0 Å². The minimum atomic E-state index is -1.63. The molecule has 0 aliphatic heterocycles. The third-order valence-corrected chi connectivity index (χ3v) is 0.942. The van der Waals surface area contributed by atoms with Crippen LogP contribution in [0.15, 0.2) is 0 Å². The lowest BCUT2D eigenvalue weighted by molar-refractivity contribution is -0.193. The lowest BCUT2D eigenvalue weighted by Crippen LogP contribution is -2.32. The van der Waals surface area contributed by atoms with Gasteiger partial charge in [-0.2, -0.15) is 0 Å². The topological polar surface area (TPSA) is 49.7 Å². The first-order valence-corrected chi connectivity index (χ1v) is 2.56. The van der Waals surface area contributed by atoms with Gasteiger partial charge < -0.3 is 14.9 Å². The molecule has 0 rings (SSSR count). The molecule has 50 valence electrons. The van der Waals surface area contributed by atoms with Gasteiger partial charge in [0.25, 0.3) is 0 Å². The molecule has 0 aromatic rings. The van der Waals surface area contributed by atoms with E-state index in [-0.39, 0.29) is 6.61 Å². The number of hydrogen-bond acceptors (Lipinski definition) is 3. The van der Waals surface area contributed by atoms with Crippen molar-refractivity contribution in [2.24, 2.45) is 0 Å². The molecule has 8 heavy (non-hydrogen) atoms. The van der Waals surface area contributed by atoms with Gasteiger partial charge in [0.2, 0.25) is 0 Å². The first-order chi connectivity index (χ1) is 3.62. The summed E-state index contributed by atoms with van der Waals surface area (Å²) in [6.45, 7) is 1.66. The molecule has 2 N–H and O–H groups in total. The second-order valence-corrected chi connectivity index (χ2v) is 1.77. The summed E-state index contributed by atoms with van der Waals surface area (Å²) in [6.07, 6.45) is 0.292. The van der Waals surface area contributed by atoms with Gasteiger partial charge >= 0.3 is 0 Å². The fourth-order valence-corrected chi connectivity index (χ4v) is 0.333. The van der Waals surface area contributed by atoms with Gasteiger partial charge in [0.05, 0.1) is 6.61 Å². The summed E-state index contributed by atoms with van der Waals surface area (Å²) >= 11 is 0. The van der Waals surface area contributed by atoms with Crippen LogP contribution >= 0.6 is 0 Å². The Hall–Kier alpha value is -0.120. The molecular formula is C5H12O3. The Morgan fingerprint density at radius 2 is 2.00 bits per heavy atom. The second kappa shape index (κ2) is 3.02. The van der Waals surface area contributed by atoms with Crippen molar-refractivity contribution >= 4 is 0 Å². The van der Waals surface area contributed by atoms with Crippen LogP contribution in [0.4, 0.5) is 0 Å². The lowest BCUT2D eigenvalue weighted by atomic mass is 10.2. The van der Waals surface area contributed by atoms with E-state index in [9.17, 15) is 0 Å². The molecule has 0 unspecified atom stereocenters. The van der Waals surface area contributed by atoms with Crippen LogP contribution in [0.5, 0.6) is 0 Å². The van der Waals surface area contributed by atoms with Crippen LogP contribution < -0.4 is 0 Å². The average molecular weight is 120 g/mol. The van der Waals surface area contributed by atoms with Crippen molar-refractivity contribution in [3.63, 3.8) is 0 Å². The maximum Gasteiger partial charge on any atom is 0.186 e. The largest absolute Gasteiger partial charge is 0.379 e. The van der Waals surface area contributed by atoms with Gasteiger partial charge in [-0.3, -0.25) is 0 Å². The minimum Gasteiger partial charge on any atom is -0.379 e. The zero-order valence-corrected chi connectivity index (χ0v) is 5.22. The van der Waals surface area contributed by atoms with E-state index in [0.29, 0.717) is 6.42 Å². The highest BCUT2D eigenvalue weighted by Crippen LogP contribution is 2.03. The van der Waals surface area contributed by atoms with E-state index in [2.05, 4.69) is 4.74 Å². The molecular weight excluding hydrogens is 108 g/mol. The van der Waals surface area contributed by atoms with Crippen LogP contribution in [-0.4, -0.2) is 29.7 Å². The predicted octanol–water partition coefficient (Wildman–Crippen LogP) is -0.276. The highest BCUT2D eigenvalue weighted by molar-refractivity contribution is 4.57. The van der Waals surface area contributed by atoms with Crippen molar-refractivity contribution in [2.75, 3.05) is 13.7 Å². The van der Waals surface area contributed by atoms with Gasteiger partial charge in [0.15, 0.2) is 5.79 Å². The Labute approximate surface area is 48.9 Å². The Balaban J connectivity index is 3.37. The first kappa shape index (κ1) is 7.88. The number of hydrogen-bond donors (Lipinski definition) is 2. The quantitative estimate of drug-likeness (QED) is 0.504. The highest BCUT2D eigenvalue weighted by Gasteiger charge is 2.18. The Kier molecular flexibility index (Phi) is 2.97. The molecule has 0 aliphatic rings. The van der Waals surface area contributed by atoms with E-state index in [4.69, 9.17) is 10.2 Å². The fourth-order valence-electron chi connectivity index (χ4n) is 0.333. The summed E-state index contributed by atoms with van der Waals surface area (Å²) in [5, 5.41) is 17.5. The van der Waals surface area contributed by atoms with Crippen molar-refractivity contribution in [2.45, 2.75) is 19.1 Å². The summed E-state index contributed by atoms with van der Waals surface area (Å²) in [6, 6.07) is 0. The summed E-state index contributed by atoms with van der Waals surface area (Å²) in [4.78, 5) is 0. The summed E-state index contributed by atoms with van der Waals surface area (Å²) < 4.78 is 4.50. The molecule has 0 radical (unpaired) electrons. The monoisotopic (exact) mass is 120 g/mol. The number of methoxy groups -OCH3 is 1. The van der Waals surface area contributed by atoms with E-state index >= 15 is 0 Å². The Morgan fingerprint density at radius 1 is 1.50 bits per heavy atom. The van der Waals surface area contributed by atoms with Gasteiger partial charge in [0, 0.05) is 13.5 Å². The van der Waals surface area contributed by atoms with Crippen LogP contribution in [0.25, 0.3) is 0 Å². The lowest BCUT2D eigenvalue weighted by Gasteiger charge is -2.17. The van der Waals surface area contributed by atoms with E-state index in [0.717, 1.165) is 0 Å². The molecule has 0 saturated heterocycles. The normalized spacial score (nSPS) is 12.0. The average Bonchev–Trinajstić information content (AvgIpc) is 1.67. The van der Waals surface area contributed by atoms with Crippen molar-refractivity contribution in [1.29, 1.82) is 0 Å². The van der Waals surface area contributed by atoms with Crippen LogP contribution in [0, 0.1) is 0 Å². The maximum atomic E-state index is 8.75. The first-order valence-electron chi connectivity index (χ1n) is 2.56. The molecule has 0 aromatic heterocycles. The summed E-state index contributed by atoms with van der Waals surface area (Å²) in [5.74, 6) is -1.63. The molecule has 0 bridgehead atoms. The molecule has 0 spiro atoms. The zero-order valence-electron chi connectivity index (χ0n) is 5.22. The molecule has 0 amide bonds. The van der Waals surface area contributed by atoms with Crippen LogP contribution in [-0.2, 0) is 4.74 Å². The van der Waals surface area contributed by atoms with Crippen LogP contribution in [0.2, 0.25) is 0 Å². The maximum absolute atomic E-state index is 8.75. The molecule has 0 heterocycles. The minimum absolute atomic E-state index is 0.0243. The van der Waals surface area contributed by atoms with E-state index < -0.39 is 5.79 Å². The fraction of sp³-hybridized carbons (Fsp3) is 1.00. The second-order valence-electron chi connectivity index (χ2n) is 1.77. The SMILES string of the molecule is CCC(O)(O)COC. The molecule has 0 aromatic carbocycles. The predicted molar refractivity (Wildman–Crippen MR) is 29.3 cm³/mol. The Bertz CT molecular complexity index is 60.7. The van der Waals surface area contributed by atoms with E-state index in [1.165, 1.54) is 7.11 Å². The van der Waals surface area contributed by atoms with Gasteiger partial charge in [-0.1, -0.05) is 6.92 Å². The van der Waals surface area contributed by atoms with Crippen LogP contribution in [0.1, 0.15) is 13.3 Å². The van der Waals surface area contributed by atoms with Crippen molar-refractivity contribution in [3.8, 4) is 0 Å². The van der Waals surface area contributed by atoms with Gasteiger partial charge in [0.1, 0.15) is 0 Å². The van der Waals surface area contributed by atoms with Crippen molar-refractivity contribution in [1.82, 2.24) is 0 Å². The molecule has 3 nitrogen and oxygen atoms in total. The highest BCUT2D eigenvalue weighted by atomic mass is 16.6. The third kappa shape index (κ3) is 2.96. The molecule has 3 heteroatoms. The van der Waals surface area contributed by atoms with E-state index in [1.54, 1.807) is 6.92 Å². The summed E-state index contributed by atoms with van der Waals surface area (Å²) in [5.41, 5.74) is 0. The van der Waals surface area contributed by atoms with Crippen molar-refractivity contribution in [3.05, 3.63) is 0 Å². The molecule has 0 atom stereocenters. The smallest absolute Gasteiger partial charge is 0.186 e. The van der Waals surface area contributed by atoms with E-state index in [1.807, 2.05) is 0 Å². The third-order valence-electron chi connectivity index (χ3n) is 0.942. The molecule has 0 aliphatic carbocycles.